The highest BCUT2D eigenvalue weighted by atomic mass is 16.5. The van der Waals surface area contributed by atoms with Gasteiger partial charge in [0, 0.05) is 12.2 Å². The molecule has 0 radical (unpaired) electrons. The lowest BCUT2D eigenvalue weighted by Crippen LogP contribution is -2.23. The molecule has 0 aromatic heterocycles. The van der Waals surface area contributed by atoms with E-state index in [1.165, 1.54) is 0 Å². The number of hydrogen-bond acceptors (Lipinski definition) is 4. The molecule has 0 fully saturated rings. The first-order valence-corrected chi connectivity index (χ1v) is 6.05. The number of ether oxygens (including phenoxy) is 3. The summed E-state index contributed by atoms with van der Waals surface area (Å²) in [6.45, 7) is 4.33. The van der Waals surface area contributed by atoms with Gasteiger partial charge in [-0.2, -0.15) is 0 Å². The first-order valence-electron chi connectivity index (χ1n) is 6.05. The zero-order valence-electron chi connectivity index (χ0n) is 11.4. The van der Waals surface area contributed by atoms with Crippen molar-refractivity contribution >= 4 is 5.78 Å². The molecule has 18 heavy (non-hydrogen) atoms. The van der Waals surface area contributed by atoms with Crippen molar-refractivity contribution in [2.45, 2.75) is 26.4 Å². The third-order valence-electron chi connectivity index (χ3n) is 2.70. The summed E-state index contributed by atoms with van der Waals surface area (Å²) in [5, 5.41) is 0. The van der Waals surface area contributed by atoms with Crippen LogP contribution in [0.5, 0.6) is 11.5 Å². The van der Waals surface area contributed by atoms with Crippen molar-refractivity contribution < 1.29 is 19.0 Å². The molecule has 0 aliphatic rings. The Bertz CT molecular complexity index is 401. The van der Waals surface area contributed by atoms with Gasteiger partial charge >= 0.3 is 0 Å². The number of hydrogen-bond donors (Lipinski definition) is 0. The van der Waals surface area contributed by atoms with Crippen LogP contribution >= 0.6 is 0 Å². The molecule has 4 heteroatoms. The number of carbonyl (C=O) groups is 1. The molecule has 0 amide bonds. The molecular weight excluding hydrogens is 232 g/mol. The van der Waals surface area contributed by atoms with Crippen LogP contribution in [0.3, 0.4) is 0 Å². The topological polar surface area (TPSA) is 44.8 Å². The van der Waals surface area contributed by atoms with E-state index in [0.29, 0.717) is 30.1 Å². The summed E-state index contributed by atoms with van der Waals surface area (Å²) in [7, 11) is 3.11. The van der Waals surface area contributed by atoms with Crippen LogP contribution in [0, 0.1) is 0 Å². The number of ketones is 1. The van der Waals surface area contributed by atoms with E-state index in [4.69, 9.17) is 14.2 Å². The molecule has 1 rings (SSSR count). The van der Waals surface area contributed by atoms with Crippen LogP contribution in [0.4, 0.5) is 0 Å². The minimum Gasteiger partial charge on any atom is -0.493 e. The van der Waals surface area contributed by atoms with Gasteiger partial charge in [-0.1, -0.05) is 6.92 Å². The average molecular weight is 252 g/mol. The van der Waals surface area contributed by atoms with Crippen LogP contribution in [0.15, 0.2) is 18.2 Å². The number of Topliss-reactive ketones (excluding diaryl/α,β-unsaturated/α-hetero) is 1. The molecule has 4 nitrogen and oxygen atoms in total. The lowest BCUT2D eigenvalue weighted by molar-refractivity contribution is 0.0443. The molecule has 0 saturated carbocycles. The summed E-state index contributed by atoms with van der Waals surface area (Å²) in [4.78, 5) is 12.2. The SMILES string of the molecule is CCOC(CC)C(=O)c1ccc(OC)c(OC)c1. The second-order valence-electron chi connectivity index (χ2n) is 3.79. The van der Waals surface area contributed by atoms with Crippen LogP contribution in [-0.4, -0.2) is 32.7 Å². The summed E-state index contributed by atoms with van der Waals surface area (Å²) in [5.41, 5.74) is 0.577. The fourth-order valence-electron chi connectivity index (χ4n) is 1.76. The Kier molecular flexibility index (Phi) is 5.65. The van der Waals surface area contributed by atoms with E-state index in [9.17, 15) is 4.79 Å². The fraction of sp³-hybridized carbons (Fsp3) is 0.500. The van der Waals surface area contributed by atoms with Gasteiger partial charge in [-0.3, -0.25) is 4.79 Å². The maximum absolute atomic E-state index is 12.2. The highest BCUT2D eigenvalue weighted by Gasteiger charge is 2.19. The van der Waals surface area contributed by atoms with Gasteiger partial charge in [0.2, 0.25) is 0 Å². The molecule has 0 N–H and O–H groups in total. The molecule has 0 aliphatic heterocycles. The van der Waals surface area contributed by atoms with E-state index in [1.54, 1.807) is 32.4 Å². The van der Waals surface area contributed by atoms with E-state index in [0.717, 1.165) is 0 Å². The van der Waals surface area contributed by atoms with Gasteiger partial charge in [-0.15, -0.1) is 0 Å². The predicted molar refractivity (Wildman–Crippen MR) is 69.6 cm³/mol. The smallest absolute Gasteiger partial charge is 0.191 e. The summed E-state index contributed by atoms with van der Waals surface area (Å²) < 4.78 is 15.7. The number of carbonyl (C=O) groups excluding carboxylic acids is 1. The first-order chi connectivity index (χ1) is 8.67. The molecule has 0 heterocycles. The Balaban J connectivity index is 2.98. The maximum Gasteiger partial charge on any atom is 0.191 e. The van der Waals surface area contributed by atoms with Crippen molar-refractivity contribution in [3.05, 3.63) is 23.8 Å². The molecule has 0 bridgehead atoms. The van der Waals surface area contributed by atoms with Gasteiger partial charge in [0.1, 0.15) is 6.10 Å². The molecule has 100 valence electrons. The van der Waals surface area contributed by atoms with Crippen molar-refractivity contribution in [2.75, 3.05) is 20.8 Å². The summed E-state index contributed by atoms with van der Waals surface area (Å²) in [5.74, 6) is 1.13. The number of methoxy groups -OCH3 is 2. The Morgan fingerprint density at radius 3 is 2.33 bits per heavy atom. The maximum atomic E-state index is 12.2. The van der Waals surface area contributed by atoms with Gasteiger partial charge < -0.3 is 14.2 Å². The molecule has 0 spiro atoms. The van der Waals surface area contributed by atoms with Crippen molar-refractivity contribution in [3.63, 3.8) is 0 Å². The second kappa shape index (κ2) is 7.01. The van der Waals surface area contributed by atoms with Gasteiger partial charge in [-0.05, 0) is 31.5 Å². The summed E-state index contributed by atoms with van der Waals surface area (Å²) in [6, 6.07) is 5.14. The number of rotatable bonds is 7. The zero-order chi connectivity index (χ0) is 13.5. The van der Waals surface area contributed by atoms with Crippen molar-refractivity contribution in [1.82, 2.24) is 0 Å². The highest BCUT2D eigenvalue weighted by Crippen LogP contribution is 2.28. The van der Waals surface area contributed by atoms with Crippen LogP contribution in [0.25, 0.3) is 0 Å². The zero-order valence-corrected chi connectivity index (χ0v) is 11.4. The average Bonchev–Trinajstić information content (AvgIpc) is 2.43. The minimum atomic E-state index is -0.395. The normalized spacial score (nSPS) is 12.0. The third-order valence-corrected chi connectivity index (χ3v) is 2.70. The lowest BCUT2D eigenvalue weighted by atomic mass is 10.0. The third kappa shape index (κ3) is 3.23. The van der Waals surface area contributed by atoms with Gasteiger partial charge in [0.25, 0.3) is 0 Å². The van der Waals surface area contributed by atoms with E-state index >= 15 is 0 Å². The van der Waals surface area contributed by atoms with Crippen molar-refractivity contribution in [1.29, 1.82) is 0 Å². The van der Waals surface area contributed by atoms with Gasteiger partial charge in [0.15, 0.2) is 17.3 Å². The van der Waals surface area contributed by atoms with E-state index in [-0.39, 0.29) is 5.78 Å². The van der Waals surface area contributed by atoms with Crippen LogP contribution in [0.1, 0.15) is 30.6 Å². The predicted octanol–water partition coefficient (Wildman–Crippen LogP) is 2.70. The Hall–Kier alpha value is -1.55. The quantitative estimate of drug-likeness (QED) is 0.700. The Labute approximate surface area is 108 Å². The molecule has 0 saturated heterocycles. The Morgan fingerprint density at radius 2 is 1.83 bits per heavy atom. The molecule has 1 aromatic rings. The molecule has 1 atom stereocenters. The molecule has 1 unspecified atom stereocenters. The minimum absolute atomic E-state index is 0.0275. The van der Waals surface area contributed by atoms with E-state index in [1.807, 2.05) is 13.8 Å². The van der Waals surface area contributed by atoms with Crippen LogP contribution in [0.2, 0.25) is 0 Å². The van der Waals surface area contributed by atoms with Crippen LogP contribution in [-0.2, 0) is 4.74 Å². The molecule has 1 aromatic carbocycles. The lowest BCUT2D eigenvalue weighted by Gasteiger charge is -2.15. The standard InChI is InChI=1S/C14H20O4/c1-5-11(18-6-2)14(15)10-7-8-12(16-3)13(9-10)17-4/h7-9,11H,5-6H2,1-4H3. The molecule has 0 aliphatic carbocycles. The van der Waals surface area contributed by atoms with Gasteiger partial charge in [-0.25, -0.2) is 0 Å². The van der Waals surface area contributed by atoms with Crippen molar-refractivity contribution in [2.24, 2.45) is 0 Å². The number of benzene rings is 1. The second-order valence-corrected chi connectivity index (χ2v) is 3.79. The summed E-state index contributed by atoms with van der Waals surface area (Å²) in [6.07, 6.45) is 0.259. The van der Waals surface area contributed by atoms with E-state index < -0.39 is 6.10 Å². The van der Waals surface area contributed by atoms with E-state index in [2.05, 4.69) is 0 Å². The molecular formula is C14H20O4. The van der Waals surface area contributed by atoms with Gasteiger partial charge in [0.05, 0.1) is 14.2 Å². The van der Waals surface area contributed by atoms with Crippen molar-refractivity contribution in [3.8, 4) is 11.5 Å². The highest BCUT2D eigenvalue weighted by molar-refractivity contribution is 6.00. The largest absolute Gasteiger partial charge is 0.493 e. The monoisotopic (exact) mass is 252 g/mol. The Morgan fingerprint density at radius 1 is 1.17 bits per heavy atom. The first kappa shape index (κ1) is 14.5. The summed E-state index contributed by atoms with van der Waals surface area (Å²) >= 11 is 0. The fourth-order valence-corrected chi connectivity index (χ4v) is 1.76. The van der Waals surface area contributed by atoms with Crippen LogP contribution < -0.4 is 9.47 Å².